The zero-order chi connectivity index (χ0) is 21.9. The maximum atomic E-state index is 12.9. The number of rotatable bonds is 5. The highest BCUT2D eigenvalue weighted by molar-refractivity contribution is 5.92. The molecule has 160 valence electrons. The fourth-order valence-corrected chi connectivity index (χ4v) is 3.30. The van der Waals surface area contributed by atoms with E-state index < -0.39 is 22.4 Å². The van der Waals surface area contributed by atoms with E-state index >= 15 is 0 Å². The number of halogens is 3. The van der Waals surface area contributed by atoms with Crippen molar-refractivity contribution < 1.29 is 22.9 Å². The maximum Gasteiger partial charge on any atom is 0.416 e. The Labute approximate surface area is 171 Å². The van der Waals surface area contributed by atoms with Crippen LogP contribution in [0, 0.1) is 17.0 Å². The summed E-state index contributed by atoms with van der Waals surface area (Å²) in [5, 5.41) is 14.1. The van der Waals surface area contributed by atoms with Crippen LogP contribution >= 0.6 is 0 Å². The minimum absolute atomic E-state index is 0.150. The normalized spacial score (nSPS) is 15.1. The highest BCUT2D eigenvalue weighted by Crippen LogP contribution is 2.36. The van der Waals surface area contributed by atoms with E-state index in [0.29, 0.717) is 37.9 Å². The molecule has 30 heavy (non-hydrogen) atoms. The molecule has 0 bridgehead atoms. The number of aryl methyl sites for hydroxylation is 1. The van der Waals surface area contributed by atoms with Gasteiger partial charge >= 0.3 is 6.18 Å². The summed E-state index contributed by atoms with van der Waals surface area (Å²) in [4.78, 5) is 26.3. The first-order valence-electron chi connectivity index (χ1n) is 9.33. The molecule has 1 N–H and O–H groups in total. The van der Waals surface area contributed by atoms with E-state index in [2.05, 4.69) is 5.32 Å². The van der Waals surface area contributed by atoms with Gasteiger partial charge in [-0.3, -0.25) is 19.8 Å². The van der Waals surface area contributed by atoms with Gasteiger partial charge in [0.2, 0.25) is 5.91 Å². The molecule has 0 radical (unpaired) electrons. The smallest absolute Gasteiger partial charge is 0.363 e. The summed E-state index contributed by atoms with van der Waals surface area (Å²) in [7, 11) is 0. The van der Waals surface area contributed by atoms with Crippen molar-refractivity contribution >= 4 is 23.0 Å². The van der Waals surface area contributed by atoms with Crippen molar-refractivity contribution in [2.24, 2.45) is 0 Å². The summed E-state index contributed by atoms with van der Waals surface area (Å²) < 4.78 is 38.6. The van der Waals surface area contributed by atoms with Gasteiger partial charge in [-0.2, -0.15) is 13.2 Å². The molecule has 0 unspecified atom stereocenters. The fraction of sp³-hybridized carbons (Fsp3) is 0.350. The van der Waals surface area contributed by atoms with Crippen LogP contribution in [-0.4, -0.2) is 48.5 Å². The van der Waals surface area contributed by atoms with Gasteiger partial charge in [-0.1, -0.05) is 17.7 Å². The van der Waals surface area contributed by atoms with Crippen LogP contribution in [0.15, 0.2) is 42.5 Å². The molecular formula is C20H21F3N4O3. The third kappa shape index (κ3) is 5.26. The van der Waals surface area contributed by atoms with Crippen molar-refractivity contribution in [2.75, 3.05) is 42.9 Å². The number of hydrogen-bond donors (Lipinski definition) is 1. The van der Waals surface area contributed by atoms with Crippen molar-refractivity contribution in [3.63, 3.8) is 0 Å². The topological polar surface area (TPSA) is 78.7 Å². The number of benzene rings is 2. The van der Waals surface area contributed by atoms with Crippen LogP contribution in [-0.2, 0) is 11.0 Å². The molecule has 1 heterocycles. The van der Waals surface area contributed by atoms with Crippen LogP contribution in [0.25, 0.3) is 0 Å². The lowest BCUT2D eigenvalue weighted by atomic mass is 10.1. The summed E-state index contributed by atoms with van der Waals surface area (Å²) in [5.74, 6) is -0.173. The molecule has 1 amide bonds. The van der Waals surface area contributed by atoms with Gasteiger partial charge in [0.15, 0.2) is 0 Å². The SMILES string of the molecule is Cc1ccc(NC(=O)CN2CCN(c3ccc(C(F)(F)F)cc3[N+](=O)[O-])CC2)cc1. The molecule has 0 aromatic heterocycles. The summed E-state index contributed by atoms with van der Waals surface area (Å²) in [6, 6.07) is 9.97. The van der Waals surface area contributed by atoms with E-state index in [1.54, 1.807) is 4.90 Å². The number of anilines is 2. The highest BCUT2D eigenvalue weighted by Gasteiger charge is 2.34. The predicted molar refractivity (Wildman–Crippen MR) is 107 cm³/mol. The summed E-state index contributed by atoms with van der Waals surface area (Å²) in [6.07, 6.45) is -4.65. The van der Waals surface area contributed by atoms with Crippen molar-refractivity contribution in [2.45, 2.75) is 13.1 Å². The lowest BCUT2D eigenvalue weighted by Crippen LogP contribution is -2.48. The van der Waals surface area contributed by atoms with Gasteiger partial charge in [0.05, 0.1) is 17.0 Å². The van der Waals surface area contributed by atoms with Crippen LogP contribution in [0.3, 0.4) is 0 Å². The van der Waals surface area contributed by atoms with Crippen molar-refractivity contribution in [1.29, 1.82) is 0 Å². The van der Waals surface area contributed by atoms with Crippen LogP contribution in [0.1, 0.15) is 11.1 Å². The molecule has 0 saturated carbocycles. The monoisotopic (exact) mass is 422 g/mol. The Morgan fingerprint density at radius 1 is 1.10 bits per heavy atom. The van der Waals surface area contributed by atoms with Gasteiger partial charge in [0.1, 0.15) is 5.69 Å². The van der Waals surface area contributed by atoms with Crippen LogP contribution < -0.4 is 10.2 Å². The second-order valence-corrected chi connectivity index (χ2v) is 7.14. The summed E-state index contributed by atoms with van der Waals surface area (Å²) in [5.41, 5.74) is 0.308. The van der Waals surface area contributed by atoms with Gasteiger partial charge in [-0.05, 0) is 31.2 Å². The largest absolute Gasteiger partial charge is 0.416 e. The first-order valence-corrected chi connectivity index (χ1v) is 9.33. The van der Waals surface area contributed by atoms with Crippen LogP contribution in [0.5, 0.6) is 0 Å². The molecule has 1 aliphatic heterocycles. The molecule has 3 rings (SSSR count). The first-order chi connectivity index (χ1) is 14.1. The Hall–Kier alpha value is -3.14. The van der Waals surface area contributed by atoms with Crippen molar-refractivity contribution in [3.8, 4) is 0 Å². The molecule has 10 heteroatoms. The Bertz CT molecular complexity index is 924. The predicted octanol–water partition coefficient (Wildman–Crippen LogP) is 3.68. The number of nitro benzene ring substituents is 1. The molecular weight excluding hydrogens is 401 g/mol. The number of nitro groups is 1. The summed E-state index contributed by atoms with van der Waals surface area (Å²) in [6.45, 7) is 3.76. The minimum Gasteiger partial charge on any atom is -0.363 e. The Morgan fingerprint density at radius 2 is 1.73 bits per heavy atom. The van der Waals surface area contributed by atoms with Gasteiger partial charge in [-0.25, -0.2) is 0 Å². The molecule has 7 nitrogen and oxygen atoms in total. The van der Waals surface area contributed by atoms with Crippen LogP contribution in [0.2, 0.25) is 0 Å². The van der Waals surface area contributed by atoms with E-state index in [1.165, 1.54) is 0 Å². The average molecular weight is 422 g/mol. The fourth-order valence-electron chi connectivity index (χ4n) is 3.30. The Morgan fingerprint density at radius 3 is 2.30 bits per heavy atom. The maximum absolute atomic E-state index is 12.9. The van der Waals surface area contributed by atoms with Gasteiger partial charge in [-0.15, -0.1) is 0 Å². The Balaban J connectivity index is 1.60. The second-order valence-electron chi connectivity index (χ2n) is 7.14. The average Bonchev–Trinajstić information content (AvgIpc) is 2.69. The number of alkyl halides is 3. The van der Waals surface area contributed by atoms with E-state index in [-0.39, 0.29) is 18.1 Å². The third-order valence-corrected chi connectivity index (χ3v) is 4.91. The standard InChI is InChI=1S/C20H21F3N4O3/c1-14-2-5-16(6-3-14)24-19(28)13-25-8-10-26(11-9-25)17-7-4-15(20(21,22)23)12-18(17)27(29)30/h2-7,12H,8-11,13H2,1H3,(H,24,28). The Kier molecular flexibility index (Phi) is 6.25. The van der Waals surface area contributed by atoms with E-state index in [1.807, 2.05) is 36.1 Å². The van der Waals surface area contributed by atoms with Gasteiger partial charge in [0, 0.05) is 37.9 Å². The molecule has 0 atom stereocenters. The summed E-state index contributed by atoms with van der Waals surface area (Å²) >= 11 is 0. The third-order valence-electron chi connectivity index (χ3n) is 4.91. The number of amides is 1. The quantitative estimate of drug-likeness (QED) is 0.588. The molecule has 1 aliphatic rings. The molecule has 2 aromatic rings. The van der Waals surface area contributed by atoms with Crippen molar-refractivity contribution in [1.82, 2.24) is 4.90 Å². The number of nitrogens with one attached hydrogen (secondary N) is 1. The molecule has 0 aliphatic carbocycles. The lowest BCUT2D eigenvalue weighted by Gasteiger charge is -2.35. The van der Waals surface area contributed by atoms with Gasteiger partial charge < -0.3 is 10.2 Å². The zero-order valence-corrected chi connectivity index (χ0v) is 16.3. The van der Waals surface area contributed by atoms with Crippen LogP contribution in [0.4, 0.5) is 30.2 Å². The van der Waals surface area contributed by atoms with E-state index in [4.69, 9.17) is 0 Å². The second kappa shape index (κ2) is 8.70. The van der Waals surface area contributed by atoms with E-state index in [0.717, 1.165) is 17.7 Å². The zero-order valence-electron chi connectivity index (χ0n) is 16.3. The molecule has 2 aromatic carbocycles. The van der Waals surface area contributed by atoms with Crippen molar-refractivity contribution in [3.05, 3.63) is 63.7 Å². The number of nitrogens with zero attached hydrogens (tertiary/aromatic N) is 3. The first kappa shape index (κ1) is 21.6. The highest BCUT2D eigenvalue weighted by atomic mass is 19.4. The minimum atomic E-state index is -4.65. The number of carbonyl (C=O) groups is 1. The number of hydrogen-bond acceptors (Lipinski definition) is 5. The number of piperazine rings is 1. The van der Waals surface area contributed by atoms with Gasteiger partial charge in [0.25, 0.3) is 5.69 Å². The number of carbonyl (C=O) groups excluding carboxylic acids is 1. The molecule has 1 fully saturated rings. The molecule has 1 saturated heterocycles. The molecule has 0 spiro atoms. The lowest BCUT2D eigenvalue weighted by molar-refractivity contribution is -0.384. The van der Waals surface area contributed by atoms with E-state index in [9.17, 15) is 28.1 Å².